The second kappa shape index (κ2) is 6.12. The highest BCUT2D eigenvalue weighted by Gasteiger charge is 2.25. The minimum atomic E-state index is -0.222. The summed E-state index contributed by atoms with van der Waals surface area (Å²) in [6.45, 7) is 0.270. The molecule has 3 heterocycles. The van der Waals surface area contributed by atoms with Gasteiger partial charge in [0.1, 0.15) is 4.83 Å². The molecule has 1 aliphatic rings. The molecule has 0 bridgehead atoms. The Kier molecular flexibility index (Phi) is 3.81. The van der Waals surface area contributed by atoms with Gasteiger partial charge in [-0.3, -0.25) is 19.5 Å². The van der Waals surface area contributed by atoms with E-state index < -0.39 is 0 Å². The number of nitrogens with one attached hydrogen (secondary N) is 1. The first-order chi connectivity index (χ1) is 11.7. The highest BCUT2D eigenvalue weighted by molar-refractivity contribution is 7.16. The number of aromatic nitrogens is 4. The van der Waals surface area contributed by atoms with Crippen LogP contribution in [-0.2, 0) is 11.3 Å². The maximum Gasteiger partial charge on any atom is 0.262 e. The molecule has 1 fully saturated rings. The van der Waals surface area contributed by atoms with Gasteiger partial charge in [-0.2, -0.15) is 0 Å². The third-order valence-electron chi connectivity index (χ3n) is 3.95. The quantitative estimate of drug-likeness (QED) is 0.768. The third-order valence-corrected chi connectivity index (χ3v) is 4.77. The molecular weight excluding hydrogens is 326 g/mol. The standard InChI is InChI=1S/C16H15N5O2S/c22-13(20-16-17-6-3-12(19-16)10-1-2-10)4-7-21-9-18-14-11(15(21)23)5-8-24-14/h3,5-6,8-10H,1-2,4,7H2,(H,17,19,20,22). The highest BCUT2D eigenvalue weighted by Crippen LogP contribution is 2.38. The predicted molar refractivity (Wildman–Crippen MR) is 91.1 cm³/mol. The van der Waals surface area contributed by atoms with E-state index in [1.54, 1.807) is 12.3 Å². The van der Waals surface area contributed by atoms with Crippen molar-refractivity contribution in [2.75, 3.05) is 5.32 Å². The smallest absolute Gasteiger partial charge is 0.262 e. The molecule has 4 rings (SSSR count). The topological polar surface area (TPSA) is 89.8 Å². The number of rotatable bonds is 5. The van der Waals surface area contributed by atoms with Crippen LogP contribution in [0.3, 0.4) is 0 Å². The minimum absolute atomic E-state index is 0.124. The molecule has 1 aliphatic carbocycles. The summed E-state index contributed by atoms with van der Waals surface area (Å²) < 4.78 is 1.45. The van der Waals surface area contributed by atoms with Crippen LogP contribution in [0.2, 0.25) is 0 Å². The van der Waals surface area contributed by atoms with Gasteiger partial charge in [0.25, 0.3) is 5.56 Å². The summed E-state index contributed by atoms with van der Waals surface area (Å²) in [6, 6.07) is 3.64. The molecule has 7 nitrogen and oxygen atoms in total. The van der Waals surface area contributed by atoms with Crippen LogP contribution in [0.15, 0.2) is 34.8 Å². The van der Waals surface area contributed by atoms with Crippen molar-refractivity contribution in [1.29, 1.82) is 0 Å². The molecular formula is C16H15N5O2S. The maximum atomic E-state index is 12.3. The number of fused-ring (bicyclic) bond motifs is 1. The van der Waals surface area contributed by atoms with Crippen molar-refractivity contribution in [3.8, 4) is 0 Å². The summed E-state index contributed by atoms with van der Waals surface area (Å²) in [5, 5.41) is 5.11. The van der Waals surface area contributed by atoms with Gasteiger partial charge in [-0.25, -0.2) is 15.0 Å². The predicted octanol–water partition coefficient (Wildman–Crippen LogP) is 2.15. The van der Waals surface area contributed by atoms with E-state index in [2.05, 4.69) is 20.3 Å². The summed E-state index contributed by atoms with van der Waals surface area (Å²) in [5.74, 6) is 0.606. The average Bonchev–Trinajstić information content (AvgIpc) is 3.32. The Morgan fingerprint density at radius 3 is 3.04 bits per heavy atom. The molecule has 1 amide bonds. The lowest BCUT2D eigenvalue weighted by Gasteiger charge is -2.06. The fourth-order valence-electron chi connectivity index (χ4n) is 2.50. The average molecular weight is 341 g/mol. The highest BCUT2D eigenvalue weighted by atomic mass is 32.1. The van der Waals surface area contributed by atoms with Crippen molar-refractivity contribution in [2.45, 2.75) is 31.7 Å². The number of nitrogens with zero attached hydrogens (tertiary/aromatic N) is 4. The van der Waals surface area contributed by atoms with Crippen molar-refractivity contribution in [3.63, 3.8) is 0 Å². The van der Waals surface area contributed by atoms with Crippen molar-refractivity contribution in [3.05, 3.63) is 46.1 Å². The molecule has 3 aromatic rings. The van der Waals surface area contributed by atoms with Gasteiger partial charge >= 0.3 is 0 Å². The monoisotopic (exact) mass is 341 g/mol. The van der Waals surface area contributed by atoms with E-state index in [1.165, 1.54) is 22.2 Å². The molecule has 0 saturated heterocycles. The van der Waals surface area contributed by atoms with Crippen LogP contribution in [0.5, 0.6) is 0 Å². The molecule has 24 heavy (non-hydrogen) atoms. The molecule has 0 atom stereocenters. The van der Waals surface area contributed by atoms with Gasteiger partial charge in [-0.15, -0.1) is 11.3 Å². The minimum Gasteiger partial charge on any atom is -0.298 e. The first-order valence-corrected chi connectivity index (χ1v) is 8.64. The molecule has 1 N–H and O–H groups in total. The normalized spacial score (nSPS) is 14.0. The fraction of sp³-hybridized carbons (Fsp3) is 0.312. The lowest BCUT2D eigenvalue weighted by atomic mass is 10.3. The number of hydrogen-bond donors (Lipinski definition) is 1. The van der Waals surface area contributed by atoms with Gasteiger partial charge in [0, 0.05) is 30.8 Å². The number of carbonyl (C=O) groups excluding carboxylic acids is 1. The molecule has 3 aromatic heterocycles. The Morgan fingerprint density at radius 2 is 2.21 bits per heavy atom. The number of hydrogen-bond acceptors (Lipinski definition) is 6. The molecule has 8 heteroatoms. The van der Waals surface area contributed by atoms with E-state index in [0.717, 1.165) is 18.5 Å². The van der Waals surface area contributed by atoms with E-state index in [9.17, 15) is 9.59 Å². The van der Waals surface area contributed by atoms with Crippen molar-refractivity contribution >= 4 is 33.4 Å². The first-order valence-electron chi connectivity index (χ1n) is 7.76. The fourth-order valence-corrected chi connectivity index (χ4v) is 3.22. The number of amides is 1. The zero-order valence-corrected chi connectivity index (χ0v) is 13.6. The van der Waals surface area contributed by atoms with Gasteiger partial charge in [-0.1, -0.05) is 0 Å². The van der Waals surface area contributed by atoms with Gasteiger partial charge in [0.05, 0.1) is 11.7 Å². The van der Waals surface area contributed by atoms with E-state index in [4.69, 9.17) is 0 Å². The van der Waals surface area contributed by atoms with Crippen LogP contribution >= 0.6 is 11.3 Å². The Morgan fingerprint density at radius 1 is 1.33 bits per heavy atom. The zero-order chi connectivity index (χ0) is 16.5. The largest absolute Gasteiger partial charge is 0.298 e. The van der Waals surface area contributed by atoms with E-state index in [1.807, 2.05) is 11.4 Å². The second-order valence-corrected chi connectivity index (χ2v) is 6.65. The van der Waals surface area contributed by atoms with Gasteiger partial charge in [0.2, 0.25) is 11.9 Å². The summed E-state index contributed by atoms with van der Waals surface area (Å²) in [5.41, 5.74) is 0.852. The van der Waals surface area contributed by atoms with E-state index in [0.29, 0.717) is 22.1 Å². The first kappa shape index (κ1) is 14.9. The number of thiophene rings is 1. The van der Waals surface area contributed by atoms with Crippen LogP contribution < -0.4 is 10.9 Å². The van der Waals surface area contributed by atoms with Crippen molar-refractivity contribution < 1.29 is 4.79 Å². The molecule has 0 spiro atoms. The molecule has 1 saturated carbocycles. The summed E-state index contributed by atoms with van der Waals surface area (Å²) in [4.78, 5) is 37.7. The van der Waals surface area contributed by atoms with Crippen LogP contribution in [0.25, 0.3) is 10.2 Å². The Labute approximate surface area is 141 Å². The lowest BCUT2D eigenvalue weighted by molar-refractivity contribution is -0.116. The van der Waals surface area contributed by atoms with Crippen molar-refractivity contribution in [1.82, 2.24) is 19.5 Å². The van der Waals surface area contributed by atoms with Gasteiger partial charge in [0.15, 0.2) is 0 Å². The van der Waals surface area contributed by atoms with Crippen LogP contribution in [0, 0.1) is 0 Å². The summed E-state index contributed by atoms with van der Waals surface area (Å²) >= 11 is 1.42. The third kappa shape index (κ3) is 3.05. The summed E-state index contributed by atoms with van der Waals surface area (Å²) in [6.07, 6.45) is 5.60. The van der Waals surface area contributed by atoms with E-state index in [-0.39, 0.29) is 24.4 Å². The van der Waals surface area contributed by atoms with Crippen LogP contribution in [-0.4, -0.2) is 25.4 Å². The number of carbonyl (C=O) groups is 1. The Balaban J connectivity index is 1.41. The summed E-state index contributed by atoms with van der Waals surface area (Å²) in [7, 11) is 0. The van der Waals surface area contributed by atoms with E-state index >= 15 is 0 Å². The molecule has 0 aliphatic heterocycles. The lowest BCUT2D eigenvalue weighted by Crippen LogP contribution is -2.23. The Hall–Kier alpha value is -2.61. The number of anilines is 1. The molecule has 122 valence electrons. The molecule has 0 unspecified atom stereocenters. The number of aryl methyl sites for hydroxylation is 1. The zero-order valence-electron chi connectivity index (χ0n) is 12.8. The van der Waals surface area contributed by atoms with Gasteiger partial charge < -0.3 is 0 Å². The van der Waals surface area contributed by atoms with Gasteiger partial charge in [-0.05, 0) is 30.4 Å². The second-order valence-electron chi connectivity index (χ2n) is 5.76. The van der Waals surface area contributed by atoms with Crippen LogP contribution in [0.1, 0.15) is 30.9 Å². The molecule has 0 aromatic carbocycles. The molecule has 0 radical (unpaired) electrons. The SMILES string of the molecule is O=C(CCn1cnc2sccc2c1=O)Nc1nccc(C2CC2)n1. The van der Waals surface area contributed by atoms with Crippen molar-refractivity contribution in [2.24, 2.45) is 0 Å². The maximum absolute atomic E-state index is 12.3. The van der Waals surface area contributed by atoms with Crippen LogP contribution in [0.4, 0.5) is 5.95 Å². The Bertz CT molecular complexity index is 960.